The van der Waals surface area contributed by atoms with Crippen LogP contribution in [0, 0.1) is 0 Å². The van der Waals surface area contributed by atoms with E-state index < -0.39 is 5.91 Å². The van der Waals surface area contributed by atoms with Gasteiger partial charge in [0, 0.05) is 34.9 Å². The Morgan fingerprint density at radius 2 is 2.05 bits per heavy atom. The Morgan fingerprint density at radius 3 is 2.76 bits per heavy atom. The summed E-state index contributed by atoms with van der Waals surface area (Å²) in [4.78, 5) is 11.2. The number of methoxy groups -OCH3 is 1. The monoisotopic (exact) mass is 348 g/mol. The van der Waals surface area contributed by atoms with Gasteiger partial charge in [-0.05, 0) is 29.8 Å². The Hall–Kier alpha value is -1.85. The lowest BCUT2D eigenvalue weighted by Gasteiger charge is -2.13. The van der Waals surface area contributed by atoms with Gasteiger partial charge in [-0.1, -0.05) is 34.1 Å². The molecule has 21 heavy (non-hydrogen) atoms. The average molecular weight is 349 g/mol. The van der Waals surface area contributed by atoms with Gasteiger partial charge >= 0.3 is 0 Å². The van der Waals surface area contributed by atoms with Crippen LogP contribution in [0.25, 0.3) is 0 Å². The van der Waals surface area contributed by atoms with Crippen LogP contribution in [0.3, 0.4) is 0 Å². The molecule has 110 valence electrons. The Kier molecular flexibility index (Phi) is 5.36. The van der Waals surface area contributed by atoms with Crippen molar-refractivity contribution in [2.45, 2.75) is 13.2 Å². The number of carbonyl (C=O) groups excluding carboxylic acids is 1. The van der Waals surface area contributed by atoms with Gasteiger partial charge in [-0.2, -0.15) is 0 Å². The van der Waals surface area contributed by atoms with Gasteiger partial charge in [0.15, 0.2) is 0 Å². The molecule has 0 bridgehead atoms. The van der Waals surface area contributed by atoms with E-state index in [1.165, 1.54) is 0 Å². The van der Waals surface area contributed by atoms with Gasteiger partial charge in [-0.15, -0.1) is 0 Å². The summed E-state index contributed by atoms with van der Waals surface area (Å²) >= 11 is 3.52. The Bertz CT molecular complexity index is 644. The van der Waals surface area contributed by atoms with Crippen LogP contribution in [0.15, 0.2) is 46.9 Å². The first-order valence-corrected chi connectivity index (χ1v) is 7.30. The summed E-state index contributed by atoms with van der Waals surface area (Å²) in [5, 5.41) is 3.36. The molecule has 5 heteroatoms. The summed E-state index contributed by atoms with van der Waals surface area (Å²) in [5.74, 6) is -0.417. The van der Waals surface area contributed by atoms with E-state index in [0.29, 0.717) is 18.7 Å². The minimum Gasteiger partial charge on any atom is -0.381 e. The molecule has 0 heterocycles. The predicted molar refractivity (Wildman–Crippen MR) is 87.1 cm³/mol. The van der Waals surface area contributed by atoms with Gasteiger partial charge in [-0.25, -0.2) is 0 Å². The zero-order chi connectivity index (χ0) is 15.2. The van der Waals surface area contributed by atoms with E-state index in [0.717, 1.165) is 21.3 Å². The number of carbonyl (C=O) groups is 1. The second-order valence-corrected chi connectivity index (χ2v) is 5.47. The summed E-state index contributed by atoms with van der Waals surface area (Å²) in [6.45, 7) is 1.12. The van der Waals surface area contributed by atoms with E-state index in [9.17, 15) is 4.79 Å². The molecule has 3 N–H and O–H groups in total. The Labute approximate surface area is 132 Å². The first-order valence-electron chi connectivity index (χ1n) is 6.50. The van der Waals surface area contributed by atoms with Crippen molar-refractivity contribution in [3.05, 3.63) is 63.6 Å². The fourth-order valence-electron chi connectivity index (χ4n) is 2.05. The zero-order valence-electron chi connectivity index (χ0n) is 11.7. The topological polar surface area (TPSA) is 64.3 Å². The lowest BCUT2D eigenvalue weighted by Crippen LogP contribution is -2.11. The molecule has 1 amide bonds. The minimum atomic E-state index is -0.417. The van der Waals surface area contributed by atoms with Crippen LogP contribution in [0.4, 0.5) is 5.69 Å². The van der Waals surface area contributed by atoms with E-state index in [-0.39, 0.29) is 0 Å². The summed E-state index contributed by atoms with van der Waals surface area (Å²) in [7, 11) is 1.67. The number of amides is 1. The van der Waals surface area contributed by atoms with Crippen molar-refractivity contribution in [1.82, 2.24) is 0 Å². The molecule has 0 spiro atoms. The van der Waals surface area contributed by atoms with Gasteiger partial charge in [-0.3, -0.25) is 4.79 Å². The normalized spacial score (nSPS) is 10.4. The molecule has 0 radical (unpaired) electrons. The van der Waals surface area contributed by atoms with E-state index in [4.69, 9.17) is 10.5 Å². The highest BCUT2D eigenvalue weighted by Crippen LogP contribution is 2.26. The van der Waals surface area contributed by atoms with Crippen LogP contribution < -0.4 is 11.1 Å². The number of nitrogens with one attached hydrogen (secondary N) is 1. The molecule has 0 atom stereocenters. The molecule has 0 aliphatic heterocycles. The predicted octanol–water partition coefficient (Wildman–Crippen LogP) is 3.31. The molecule has 0 fully saturated rings. The molecular weight excluding hydrogens is 332 g/mol. The van der Waals surface area contributed by atoms with Gasteiger partial charge < -0.3 is 15.8 Å². The summed E-state index contributed by atoms with van der Waals surface area (Å²) in [6.07, 6.45) is 0. The zero-order valence-corrected chi connectivity index (χ0v) is 13.3. The lowest BCUT2D eigenvalue weighted by molar-refractivity contribution is 0.1000. The largest absolute Gasteiger partial charge is 0.381 e. The van der Waals surface area contributed by atoms with Crippen LogP contribution in [-0.2, 0) is 17.9 Å². The van der Waals surface area contributed by atoms with E-state index in [2.05, 4.69) is 21.2 Å². The van der Waals surface area contributed by atoms with Crippen molar-refractivity contribution in [3.63, 3.8) is 0 Å². The van der Waals surface area contributed by atoms with Crippen LogP contribution in [0.1, 0.15) is 21.5 Å². The number of ether oxygens (including phenoxy) is 1. The molecule has 0 unspecified atom stereocenters. The van der Waals surface area contributed by atoms with Crippen molar-refractivity contribution in [2.24, 2.45) is 5.73 Å². The molecule has 0 aromatic heterocycles. The number of halogens is 1. The number of hydrogen-bond donors (Lipinski definition) is 2. The van der Waals surface area contributed by atoms with Gasteiger partial charge in [0.1, 0.15) is 0 Å². The van der Waals surface area contributed by atoms with E-state index in [1.807, 2.05) is 30.3 Å². The van der Waals surface area contributed by atoms with Gasteiger partial charge in [0.25, 0.3) is 0 Å². The average Bonchev–Trinajstić information content (AvgIpc) is 2.48. The van der Waals surface area contributed by atoms with Crippen molar-refractivity contribution in [1.29, 1.82) is 0 Å². The van der Waals surface area contributed by atoms with Gasteiger partial charge in [0.2, 0.25) is 5.91 Å². The molecule has 4 nitrogen and oxygen atoms in total. The number of rotatable bonds is 6. The van der Waals surface area contributed by atoms with Crippen LogP contribution in [0.5, 0.6) is 0 Å². The number of anilines is 1. The first kappa shape index (κ1) is 15.5. The molecular formula is C16H17BrN2O2. The highest BCUT2D eigenvalue weighted by Gasteiger charge is 2.07. The highest BCUT2D eigenvalue weighted by atomic mass is 79.9. The smallest absolute Gasteiger partial charge is 0.248 e. The molecule has 0 aliphatic rings. The lowest BCUT2D eigenvalue weighted by atomic mass is 10.1. The third-order valence-corrected chi connectivity index (χ3v) is 3.84. The fraction of sp³-hybridized carbons (Fsp3) is 0.188. The van der Waals surface area contributed by atoms with Gasteiger partial charge in [0.05, 0.1) is 6.61 Å². The molecule has 0 saturated heterocycles. The highest BCUT2D eigenvalue weighted by molar-refractivity contribution is 9.10. The Morgan fingerprint density at radius 1 is 1.29 bits per heavy atom. The molecule has 0 saturated carbocycles. The van der Waals surface area contributed by atoms with Crippen LogP contribution in [0.2, 0.25) is 0 Å². The van der Waals surface area contributed by atoms with Crippen molar-refractivity contribution in [3.8, 4) is 0 Å². The maximum Gasteiger partial charge on any atom is 0.248 e. The minimum absolute atomic E-state index is 0.417. The molecule has 2 aromatic carbocycles. The third-order valence-electron chi connectivity index (χ3n) is 3.10. The summed E-state index contributed by atoms with van der Waals surface area (Å²) in [6, 6.07) is 13.2. The maximum absolute atomic E-state index is 11.2. The molecule has 2 aromatic rings. The standard InChI is InChI=1S/C16H17BrN2O2/c1-21-10-13-14(17)6-3-7-15(13)19-9-11-4-2-5-12(8-11)16(18)20/h2-8,19H,9-10H2,1H3,(H2,18,20). The van der Waals surface area contributed by atoms with E-state index >= 15 is 0 Å². The quantitative estimate of drug-likeness (QED) is 0.841. The molecule has 2 rings (SSSR count). The maximum atomic E-state index is 11.2. The number of nitrogens with two attached hydrogens (primary N) is 1. The van der Waals surface area contributed by atoms with Crippen LogP contribution in [-0.4, -0.2) is 13.0 Å². The van der Waals surface area contributed by atoms with Crippen molar-refractivity contribution < 1.29 is 9.53 Å². The fourth-order valence-corrected chi connectivity index (χ4v) is 2.53. The van der Waals surface area contributed by atoms with E-state index in [1.54, 1.807) is 19.2 Å². The third kappa shape index (κ3) is 4.06. The number of hydrogen-bond acceptors (Lipinski definition) is 3. The van der Waals surface area contributed by atoms with Crippen molar-refractivity contribution in [2.75, 3.05) is 12.4 Å². The SMILES string of the molecule is COCc1c(Br)cccc1NCc1cccc(C(N)=O)c1. The summed E-state index contributed by atoms with van der Waals surface area (Å²) < 4.78 is 6.22. The Balaban J connectivity index is 2.15. The first-order chi connectivity index (χ1) is 10.1. The van der Waals surface area contributed by atoms with Crippen LogP contribution >= 0.6 is 15.9 Å². The van der Waals surface area contributed by atoms with Crippen molar-refractivity contribution >= 4 is 27.5 Å². The second-order valence-electron chi connectivity index (χ2n) is 4.62. The number of benzene rings is 2. The summed E-state index contributed by atoms with van der Waals surface area (Å²) in [5.41, 5.74) is 8.86. The second kappa shape index (κ2) is 7.24. The molecule has 0 aliphatic carbocycles. The number of primary amides is 1.